The molecule has 0 aromatic heterocycles. The summed E-state index contributed by atoms with van der Waals surface area (Å²) in [7, 11) is 0. The van der Waals surface area contributed by atoms with Crippen LogP contribution in [0.5, 0.6) is 0 Å². The maximum Gasteiger partial charge on any atom is 0.418 e. The lowest BCUT2D eigenvalue weighted by Crippen LogP contribution is -2.34. The van der Waals surface area contributed by atoms with Gasteiger partial charge in [-0.3, -0.25) is 0 Å². The average molecular weight is 407 g/mol. The van der Waals surface area contributed by atoms with Crippen LogP contribution in [0.2, 0.25) is 0 Å². The second-order valence-electron chi connectivity index (χ2n) is 6.61. The predicted octanol–water partition coefficient (Wildman–Crippen LogP) is 4.99. The van der Waals surface area contributed by atoms with Crippen LogP contribution >= 0.6 is 0 Å². The number of fused-ring (bicyclic) bond motifs is 1. The lowest BCUT2D eigenvalue weighted by molar-refractivity contribution is -0.142. The molecule has 152 valence electrons. The fourth-order valence-electron chi connectivity index (χ4n) is 3.12. The van der Waals surface area contributed by atoms with E-state index in [1.807, 2.05) is 0 Å². The molecule has 0 fully saturated rings. The molecule has 1 aliphatic heterocycles. The van der Waals surface area contributed by atoms with E-state index in [9.17, 15) is 30.7 Å². The zero-order valence-corrected chi connectivity index (χ0v) is 14.3. The van der Waals surface area contributed by atoms with Crippen molar-refractivity contribution in [2.45, 2.75) is 37.4 Å². The van der Waals surface area contributed by atoms with Gasteiger partial charge in [-0.2, -0.15) is 26.3 Å². The molecular weight excluding hydrogens is 391 g/mol. The third kappa shape index (κ3) is 4.49. The molecule has 0 bridgehead atoms. The maximum atomic E-state index is 13.2. The number of alkyl halides is 6. The fraction of sp³-hybridized carbons (Fsp3) is 0.333. The topological polar surface area (TPSA) is 50.1 Å². The third-order valence-corrected chi connectivity index (χ3v) is 4.37. The molecule has 0 aliphatic carbocycles. The molecule has 0 radical (unpaired) electrons. The number of anilines is 2. The number of nitrogens with two attached hydrogens (primary N) is 1. The number of nitrogens with one attached hydrogen (secondary N) is 2. The van der Waals surface area contributed by atoms with Gasteiger partial charge in [-0.15, -0.1) is 0 Å². The van der Waals surface area contributed by atoms with Crippen molar-refractivity contribution < 1.29 is 30.7 Å². The molecule has 10 heteroatoms. The van der Waals surface area contributed by atoms with Crippen molar-refractivity contribution in [1.82, 2.24) is 0 Å². The summed E-state index contributed by atoms with van der Waals surface area (Å²) in [5.74, 6) is -0.410. The Balaban J connectivity index is 1.77. The van der Waals surface area contributed by atoms with Gasteiger partial charge < -0.3 is 16.4 Å². The molecule has 3 nitrogen and oxygen atoms in total. The number of rotatable bonds is 4. The molecule has 2 aromatic carbocycles. The Labute approximate surface area is 155 Å². The Bertz CT molecular complexity index is 844. The molecule has 1 heterocycles. The largest absolute Gasteiger partial charge is 0.418 e. The second-order valence-corrected chi connectivity index (χ2v) is 6.61. The Morgan fingerprint density at radius 2 is 1.57 bits per heavy atom. The van der Waals surface area contributed by atoms with E-state index in [1.54, 1.807) is 0 Å². The zero-order chi connectivity index (χ0) is 20.7. The summed E-state index contributed by atoms with van der Waals surface area (Å²) in [6.07, 6.45) is -10.2. The number of benzene rings is 2. The Hall–Kier alpha value is -2.49. The van der Waals surface area contributed by atoms with Gasteiger partial charge in [-0.25, -0.2) is 4.39 Å². The SMILES string of the molecule is N[C@H](Cc1ccc(F)cc1)CC1Nc2cc(C(F)(F)F)cc(C(F)(F)F)c2N1. The second kappa shape index (κ2) is 7.16. The number of hydrogen-bond acceptors (Lipinski definition) is 3. The molecule has 0 spiro atoms. The highest BCUT2D eigenvalue weighted by atomic mass is 19.4. The third-order valence-electron chi connectivity index (χ3n) is 4.37. The maximum absolute atomic E-state index is 13.2. The van der Waals surface area contributed by atoms with E-state index in [0.717, 1.165) is 5.56 Å². The highest BCUT2D eigenvalue weighted by Gasteiger charge is 2.41. The Kier molecular flexibility index (Phi) is 5.18. The van der Waals surface area contributed by atoms with Crippen LogP contribution in [0.3, 0.4) is 0 Å². The van der Waals surface area contributed by atoms with Crippen molar-refractivity contribution in [3.8, 4) is 0 Å². The minimum atomic E-state index is -4.95. The van der Waals surface area contributed by atoms with E-state index < -0.39 is 47.2 Å². The Morgan fingerprint density at radius 3 is 2.14 bits per heavy atom. The van der Waals surface area contributed by atoms with Gasteiger partial charge >= 0.3 is 12.4 Å². The first kappa shape index (κ1) is 20.2. The molecule has 28 heavy (non-hydrogen) atoms. The smallest absolute Gasteiger partial charge is 0.364 e. The van der Waals surface area contributed by atoms with Crippen LogP contribution in [0.15, 0.2) is 36.4 Å². The molecule has 1 unspecified atom stereocenters. The average Bonchev–Trinajstić information content (AvgIpc) is 2.96. The van der Waals surface area contributed by atoms with Gasteiger partial charge in [0, 0.05) is 12.5 Å². The van der Waals surface area contributed by atoms with E-state index in [4.69, 9.17) is 5.73 Å². The van der Waals surface area contributed by atoms with E-state index in [-0.39, 0.29) is 18.2 Å². The first-order valence-electron chi connectivity index (χ1n) is 8.29. The number of halogens is 7. The summed E-state index contributed by atoms with van der Waals surface area (Å²) in [4.78, 5) is 0. The normalized spacial score (nSPS) is 17.6. The summed E-state index contributed by atoms with van der Waals surface area (Å²) in [6.45, 7) is 0. The summed E-state index contributed by atoms with van der Waals surface area (Å²) in [5, 5.41) is 5.21. The van der Waals surface area contributed by atoms with Crippen LogP contribution in [0, 0.1) is 5.82 Å². The van der Waals surface area contributed by atoms with Crippen LogP contribution in [-0.4, -0.2) is 12.2 Å². The van der Waals surface area contributed by atoms with E-state index in [1.165, 1.54) is 24.3 Å². The van der Waals surface area contributed by atoms with Gasteiger partial charge in [0.25, 0.3) is 0 Å². The summed E-state index contributed by atoms with van der Waals surface area (Å²) >= 11 is 0. The Morgan fingerprint density at radius 1 is 0.929 bits per heavy atom. The summed E-state index contributed by atoms with van der Waals surface area (Å²) < 4.78 is 91.4. The van der Waals surface area contributed by atoms with Gasteiger partial charge in [0.05, 0.1) is 28.7 Å². The van der Waals surface area contributed by atoms with Gasteiger partial charge in [-0.1, -0.05) is 12.1 Å². The highest BCUT2D eigenvalue weighted by Crippen LogP contribution is 2.45. The van der Waals surface area contributed by atoms with E-state index >= 15 is 0 Å². The van der Waals surface area contributed by atoms with E-state index in [0.29, 0.717) is 12.5 Å². The van der Waals surface area contributed by atoms with E-state index in [2.05, 4.69) is 10.6 Å². The van der Waals surface area contributed by atoms with Crippen LogP contribution in [0.4, 0.5) is 42.1 Å². The van der Waals surface area contributed by atoms with Crippen LogP contribution in [0.1, 0.15) is 23.1 Å². The van der Waals surface area contributed by atoms with Crippen LogP contribution in [-0.2, 0) is 18.8 Å². The van der Waals surface area contributed by atoms with Gasteiger partial charge in [0.15, 0.2) is 0 Å². The molecule has 1 aliphatic rings. The molecule has 2 atom stereocenters. The van der Waals surface area contributed by atoms with Crippen LogP contribution in [0.25, 0.3) is 0 Å². The standard InChI is InChI=1S/C18H16F7N3/c19-11-3-1-9(2-4-11)5-12(26)8-15-27-14-7-10(17(20,21)22)6-13(16(14)28-15)18(23,24)25/h1-4,6-7,12,15,27-28H,5,8,26H2/t12-,15?/m1/s1. The molecule has 4 N–H and O–H groups in total. The lowest BCUT2D eigenvalue weighted by Gasteiger charge is -2.18. The molecular formula is C18H16F7N3. The fourth-order valence-corrected chi connectivity index (χ4v) is 3.12. The van der Waals surface area contributed by atoms with Gasteiger partial charge in [-0.05, 0) is 36.2 Å². The first-order valence-corrected chi connectivity index (χ1v) is 8.29. The minimum absolute atomic E-state index is 0.0916. The van der Waals surface area contributed by atoms with Gasteiger partial charge in [0.1, 0.15) is 5.82 Å². The van der Waals surface area contributed by atoms with Crippen molar-refractivity contribution in [1.29, 1.82) is 0 Å². The van der Waals surface area contributed by atoms with Crippen molar-refractivity contribution in [3.05, 3.63) is 58.9 Å². The molecule has 0 saturated carbocycles. The quantitative estimate of drug-likeness (QED) is 0.626. The van der Waals surface area contributed by atoms with Gasteiger partial charge in [0.2, 0.25) is 0 Å². The minimum Gasteiger partial charge on any atom is -0.364 e. The van der Waals surface area contributed by atoms with Crippen LogP contribution < -0.4 is 16.4 Å². The predicted molar refractivity (Wildman–Crippen MR) is 90.2 cm³/mol. The summed E-state index contributed by atoms with van der Waals surface area (Å²) in [6, 6.07) is 5.82. The number of hydrogen-bond donors (Lipinski definition) is 3. The molecule has 0 amide bonds. The highest BCUT2D eigenvalue weighted by molar-refractivity contribution is 5.79. The van der Waals surface area contributed by atoms with Crippen molar-refractivity contribution in [3.63, 3.8) is 0 Å². The zero-order valence-electron chi connectivity index (χ0n) is 14.3. The van der Waals surface area contributed by atoms with Crippen molar-refractivity contribution in [2.75, 3.05) is 10.6 Å². The van der Waals surface area contributed by atoms with Crippen molar-refractivity contribution in [2.24, 2.45) is 5.73 Å². The molecule has 0 saturated heterocycles. The molecule has 2 aromatic rings. The van der Waals surface area contributed by atoms with Crippen molar-refractivity contribution >= 4 is 11.4 Å². The molecule has 3 rings (SSSR count). The summed E-state index contributed by atoms with van der Waals surface area (Å²) in [5.41, 5.74) is 3.26. The monoisotopic (exact) mass is 407 g/mol. The lowest BCUT2D eigenvalue weighted by atomic mass is 10.0. The first-order chi connectivity index (χ1) is 12.9.